The van der Waals surface area contributed by atoms with Crippen LogP contribution in [0.25, 0.3) is 0 Å². The van der Waals surface area contributed by atoms with E-state index in [0.29, 0.717) is 12.0 Å². The van der Waals surface area contributed by atoms with Crippen LogP contribution in [-0.4, -0.2) is 51.5 Å². The lowest BCUT2D eigenvalue weighted by molar-refractivity contribution is 0.171. The molecule has 0 aliphatic carbocycles. The summed E-state index contributed by atoms with van der Waals surface area (Å²) in [5, 5.41) is 3.73. The van der Waals surface area contributed by atoms with Gasteiger partial charge in [-0.05, 0) is 84.1 Å². The molecule has 0 fully saturated rings. The predicted octanol–water partition coefficient (Wildman–Crippen LogP) is 5.10. The molecule has 0 amide bonds. The van der Waals surface area contributed by atoms with E-state index in [-0.39, 0.29) is 5.54 Å². The van der Waals surface area contributed by atoms with Crippen LogP contribution in [0.15, 0.2) is 30.5 Å². The molecule has 0 radical (unpaired) electrons. The van der Waals surface area contributed by atoms with Crippen LogP contribution in [0.2, 0.25) is 0 Å². The summed E-state index contributed by atoms with van der Waals surface area (Å²) in [5.41, 5.74) is 10.3. The molecule has 182 valence electrons. The first-order valence-electron chi connectivity index (χ1n) is 12.6. The lowest BCUT2D eigenvalue weighted by atomic mass is 10.0. The van der Waals surface area contributed by atoms with Crippen LogP contribution in [0.5, 0.6) is 0 Å². The predicted molar refractivity (Wildman–Crippen MR) is 139 cm³/mol. The van der Waals surface area contributed by atoms with Crippen molar-refractivity contribution in [2.45, 2.75) is 90.9 Å². The van der Waals surface area contributed by atoms with Gasteiger partial charge in [0.25, 0.3) is 0 Å². The van der Waals surface area contributed by atoms with Crippen molar-refractivity contribution >= 4 is 11.8 Å². The minimum absolute atomic E-state index is 0.207. The zero-order valence-electron chi connectivity index (χ0n) is 21.4. The van der Waals surface area contributed by atoms with E-state index in [9.17, 15) is 0 Å². The Balaban J connectivity index is 1.54. The van der Waals surface area contributed by atoms with Crippen molar-refractivity contribution in [2.24, 2.45) is 0 Å². The number of hydrogen-bond acceptors (Lipinski definition) is 6. The molecule has 1 aliphatic rings. The monoisotopic (exact) mass is 452 g/mol. The van der Waals surface area contributed by atoms with Crippen molar-refractivity contribution in [1.29, 1.82) is 0 Å². The van der Waals surface area contributed by atoms with Gasteiger partial charge in [-0.3, -0.25) is 4.90 Å². The quantitative estimate of drug-likeness (QED) is 0.467. The number of benzene rings is 1. The van der Waals surface area contributed by atoms with Crippen molar-refractivity contribution in [1.82, 2.24) is 19.8 Å². The van der Waals surface area contributed by atoms with Crippen LogP contribution >= 0.6 is 0 Å². The van der Waals surface area contributed by atoms with Gasteiger partial charge in [0.05, 0.1) is 0 Å². The van der Waals surface area contributed by atoms with E-state index in [0.717, 1.165) is 70.5 Å². The number of nitrogens with zero attached hydrogens (tertiary/aromatic N) is 4. The van der Waals surface area contributed by atoms with Gasteiger partial charge < -0.3 is 16.0 Å². The number of aryl methyl sites for hydroxylation is 1. The second-order valence-corrected chi connectivity index (χ2v) is 10.5. The molecule has 6 heteroatoms. The molecule has 2 aromatic rings. The highest BCUT2D eigenvalue weighted by molar-refractivity contribution is 5.47. The molecule has 1 aromatic carbocycles. The summed E-state index contributed by atoms with van der Waals surface area (Å²) in [6.45, 7) is 13.3. The fourth-order valence-electron chi connectivity index (χ4n) is 4.52. The van der Waals surface area contributed by atoms with Gasteiger partial charge in [0, 0.05) is 36.4 Å². The van der Waals surface area contributed by atoms with E-state index < -0.39 is 0 Å². The second-order valence-electron chi connectivity index (χ2n) is 10.5. The maximum Gasteiger partial charge on any atom is 0.221 e. The third kappa shape index (κ3) is 7.68. The van der Waals surface area contributed by atoms with Crippen LogP contribution in [0.1, 0.15) is 76.5 Å². The van der Waals surface area contributed by atoms with E-state index >= 15 is 0 Å². The summed E-state index contributed by atoms with van der Waals surface area (Å²) in [6, 6.07) is 9.18. The van der Waals surface area contributed by atoms with Crippen molar-refractivity contribution < 1.29 is 0 Å². The Kier molecular flexibility index (Phi) is 9.10. The molecule has 0 spiro atoms. The topological polar surface area (TPSA) is 70.3 Å². The van der Waals surface area contributed by atoms with Crippen LogP contribution in [0.4, 0.5) is 11.8 Å². The maximum absolute atomic E-state index is 5.96. The number of nitrogen functional groups attached to an aromatic ring is 1. The minimum atomic E-state index is 0.207. The van der Waals surface area contributed by atoms with Gasteiger partial charge in [0.1, 0.15) is 5.82 Å². The Morgan fingerprint density at radius 1 is 1.12 bits per heavy atom. The molecule has 3 N–H and O–H groups in total. The molecule has 1 aromatic heterocycles. The highest BCUT2D eigenvalue weighted by Crippen LogP contribution is 2.24. The zero-order valence-corrected chi connectivity index (χ0v) is 21.4. The minimum Gasteiger partial charge on any atom is -0.368 e. The van der Waals surface area contributed by atoms with E-state index in [1.807, 2.05) is 6.20 Å². The number of rotatable bonds is 12. The summed E-state index contributed by atoms with van der Waals surface area (Å²) in [4.78, 5) is 13.8. The SMILES string of the molecule is CCCC(CCCN(C)C(C)(C)C)Nc1nc(N)ncc1CCCN1Cc2ccccc2C1. The fraction of sp³-hybridized carbons (Fsp3) is 0.630. The largest absolute Gasteiger partial charge is 0.368 e. The smallest absolute Gasteiger partial charge is 0.221 e. The molecule has 33 heavy (non-hydrogen) atoms. The van der Waals surface area contributed by atoms with E-state index in [4.69, 9.17) is 5.73 Å². The lowest BCUT2D eigenvalue weighted by Gasteiger charge is -2.32. The number of anilines is 2. The molecule has 3 rings (SSSR count). The van der Waals surface area contributed by atoms with Gasteiger partial charge in [-0.1, -0.05) is 37.6 Å². The number of aromatic nitrogens is 2. The van der Waals surface area contributed by atoms with Crippen LogP contribution < -0.4 is 11.1 Å². The Labute approximate surface area is 201 Å². The van der Waals surface area contributed by atoms with Crippen LogP contribution in [0.3, 0.4) is 0 Å². The molecule has 0 saturated heterocycles. The third-order valence-corrected chi connectivity index (χ3v) is 6.88. The first-order chi connectivity index (χ1) is 15.8. The fourth-order valence-corrected chi connectivity index (χ4v) is 4.52. The number of nitrogens with one attached hydrogen (secondary N) is 1. The number of fused-ring (bicyclic) bond motifs is 1. The van der Waals surface area contributed by atoms with Crippen LogP contribution in [-0.2, 0) is 19.5 Å². The highest BCUT2D eigenvalue weighted by atomic mass is 15.2. The maximum atomic E-state index is 5.96. The Morgan fingerprint density at radius 2 is 1.82 bits per heavy atom. The average molecular weight is 453 g/mol. The second kappa shape index (κ2) is 11.8. The highest BCUT2D eigenvalue weighted by Gasteiger charge is 2.19. The standard InChI is InChI=1S/C27H44N6/c1-6-11-24(15-10-16-32(5)27(2,3)4)30-25-21(18-29-26(28)31-25)14-9-17-33-19-22-12-7-8-13-23(22)20-33/h7-8,12-13,18,24H,6,9-11,14-17,19-20H2,1-5H3,(H3,28,29,30,31). The van der Waals surface area contributed by atoms with Crippen molar-refractivity contribution in [2.75, 3.05) is 31.2 Å². The molecule has 1 unspecified atom stereocenters. The average Bonchev–Trinajstić information content (AvgIpc) is 3.17. The van der Waals surface area contributed by atoms with Crippen LogP contribution in [0, 0.1) is 0 Å². The number of hydrogen-bond donors (Lipinski definition) is 2. The molecule has 0 bridgehead atoms. The summed E-state index contributed by atoms with van der Waals surface area (Å²) < 4.78 is 0. The van der Waals surface area contributed by atoms with Crippen molar-refractivity contribution in [3.05, 3.63) is 47.2 Å². The van der Waals surface area contributed by atoms with Gasteiger partial charge in [-0.25, -0.2) is 4.98 Å². The molecule has 0 saturated carbocycles. The van der Waals surface area contributed by atoms with Gasteiger partial charge in [0.2, 0.25) is 5.95 Å². The summed E-state index contributed by atoms with van der Waals surface area (Å²) >= 11 is 0. The number of nitrogens with two attached hydrogens (primary N) is 1. The lowest BCUT2D eigenvalue weighted by Crippen LogP contribution is -2.39. The van der Waals surface area contributed by atoms with E-state index in [1.165, 1.54) is 16.7 Å². The van der Waals surface area contributed by atoms with Gasteiger partial charge in [-0.15, -0.1) is 0 Å². The molecular formula is C27H44N6. The Hall–Kier alpha value is -2.18. The summed E-state index contributed by atoms with van der Waals surface area (Å²) in [7, 11) is 2.21. The molecule has 1 aliphatic heterocycles. The normalized spacial score (nSPS) is 15.1. The van der Waals surface area contributed by atoms with Crippen molar-refractivity contribution in [3.63, 3.8) is 0 Å². The van der Waals surface area contributed by atoms with Gasteiger partial charge >= 0.3 is 0 Å². The summed E-state index contributed by atoms with van der Waals surface area (Å²) in [5.74, 6) is 1.27. The first-order valence-corrected chi connectivity index (χ1v) is 12.6. The third-order valence-electron chi connectivity index (χ3n) is 6.88. The molecule has 1 atom stereocenters. The Bertz CT molecular complexity index is 850. The molecule has 6 nitrogen and oxygen atoms in total. The van der Waals surface area contributed by atoms with E-state index in [2.05, 4.69) is 84.1 Å². The van der Waals surface area contributed by atoms with Gasteiger partial charge in [-0.2, -0.15) is 4.98 Å². The van der Waals surface area contributed by atoms with Crippen molar-refractivity contribution in [3.8, 4) is 0 Å². The summed E-state index contributed by atoms with van der Waals surface area (Å²) in [6.07, 6.45) is 8.54. The molecular weight excluding hydrogens is 408 g/mol. The van der Waals surface area contributed by atoms with E-state index in [1.54, 1.807) is 0 Å². The van der Waals surface area contributed by atoms with Gasteiger partial charge in [0.15, 0.2) is 0 Å². The molecule has 2 heterocycles. The first kappa shape index (κ1) is 25.4. The Morgan fingerprint density at radius 3 is 2.45 bits per heavy atom. The zero-order chi connectivity index (χ0) is 23.8.